The molecule has 0 amide bonds. The molecule has 2 heteroatoms. The third-order valence-corrected chi connectivity index (χ3v) is 3.09. The van der Waals surface area contributed by atoms with Gasteiger partial charge in [0.25, 0.3) is 0 Å². The molecule has 2 aromatic rings. The summed E-state index contributed by atoms with van der Waals surface area (Å²) in [7, 11) is 1.83. The van der Waals surface area contributed by atoms with Crippen molar-refractivity contribution in [1.82, 2.24) is 5.32 Å². The van der Waals surface area contributed by atoms with Crippen LogP contribution in [0.4, 0.5) is 0 Å². The van der Waals surface area contributed by atoms with Crippen LogP contribution in [0.5, 0.6) is 0 Å². The van der Waals surface area contributed by atoms with E-state index < -0.39 is 0 Å². The number of rotatable bonds is 4. The molecule has 0 heterocycles. The summed E-state index contributed by atoms with van der Waals surface area (Å²) >= 11 is 0. The number of ketones is 1. The summed E-state index contributed by atoms with van der Waals surface area (Å²) < 4.78 is 0. The second kappa shape index (κ2) is 5.11. The summed E-state index contributed by atoms with van der Waals surface area (Å²) in [5.41, 5.74) is 1.19. The number of carbonyl (C=O) groups is 1. The van der Waals surface area contributed by atoms with Gasteiger partial charge in [0.15, 0.2) is 0 Å². The van der Waals surface area contributed by atoms with Gasteiger partial charge < -0.3 is 5.32 Å². The van der Waals surface area contributed by atoms with Gasteiger partial charge in [-0.15, -0.1) is 0 Å². The second-order valence-corrected chi connectivity index (χ2v) is 4.34. The van der Waals surface area contributed by atoms with Gasteiger partial charge in [-0.05, 0) is 36.7 Å². The van der Waals surface area contributed by atoms with Crippen LogP contribution in [0.2, 0.25) is 0 Å². The fraction of sp³-hybridized carbons (Fsp3) is 0.267. The number of benzene rings is 2. The monoisotopic (exact) mass is 227 g/mol. The number of hydrogen-bond acceptors (Lipinski definition) is 2. The highest BCUT2D eigenvalue weighted by atomic mass is 16.1. The number of fused-ring (bicyclic) bond motifs is 1. The van der Waals surface area contributed by atoms with E-state index in [-0.39, 0.29) is 11.8 Å². The van der Waals surface area contributed by atoms with Gasteiger partial charge in [0, 0.05) is 0 Å². The summed E-state index contributed by atoms with van der Waals surface area (Å²) in [6.45, 7) is 1.63. The van der Waals surface area contributed by atoms with Crippen LogP contribution in [0.25, 0.3) is 10.8 Å². The summed E-state index contributed by atoms with van der Waals surface area (Å²) in [4.78, 5) is 11.4. The molecule has 0 aromatic heterocycles. The van der Waals surface area contributed by atoms with E-state index >= 15 is 0 Å². The molecule has 2 aromatic carbocycles. The van der Waals surface area contributed by atoms with Crippen molar-refractivity contribution in [2.24, 2.45) is 0 Å². The first-order valence-electron chi connectivity index (χ1n) is 5.86. The summed E-state index contributed by atoms with van der Waals surface area (Å²) in [6, 6.07) is 14.5. The molecule has 0 bridgehead atoms. The molecule has 0 saturated heterocycles. The predicted octanol–water partition coefficient (Wildman–Crippen LogP) is 2.56. The largest absolute Gasteiger partial charge is 0.310 e. The van der Waals surface area contributed by atoms with E-state index in [9.17, 15) is 4.79 Å². The van der Waals surface area contributed by atoms with E-state index in [0.29, 0.717) is 0 Å². The van der Waals surface area contributed by atoms with Crippen LogP contribution in [0.3, 0.4) is 0 Å². The highest BCUT2D eigenvalue weighted by molar-refractivity contribution is 5.84. The lowest BCUT2D eigenvalue weighted by atomic mass is 10.00. The first kappa shape index (κ1) is 11.8. The van der Waals surface area contributed by atoms with Gasteiger partial charge >= 0.3 is 0 Å². The Hall–Kier alpha value is -1.67. The van der Waals surface area contributed by atoms with Crippen molar-refractivity contribution >= 4 is 16.6 Å². The average molecular weight is 227 g/mol. The number of hydrogen-bond donors (Lipinski definition) is 1. The first-order valence-corrected chi connectivity index (χ1v) is 5.86. The number of carbonyl (C=O) groups excluding carboxylic acids is 1. The van der Waals surface area contributed by atoms with E-state index in [0.717, 1.165) is 6.42 Å². The van der Waals surface area contributed by atoms with Gasteiger partial charge in [-0.2, -0.15) is 0 Å². The zero-order valence-corrected chi connectivity index (χ0v) is 10.2. The molecule has 2 rings (SSSR count). The Bertz CT molecular complexity index is 533. The van der Waals surface area contributed by atoms with Gasteiger partial charge in [-0.3, -0.25) is 4.79 Å². The SMILES string of the molecule is CN[C@@H](Cc1ccc2ccccc2c1)C(C)=O. The molecule has 0 radical (unpaired) electrons. The Labute approximate surface area is 102 Å². The summed E-state index contributed by atoms with van der Waals surface area (Å²) in [6.07, 6.45) is 0.747. The van der Waals surface area contributed by atoms with Crippen LogP contribution in [-0.2, 0) is 11.2 Å². The Balaban J connectivity index is 2.27. The molecule has 0 aliphatic rings. The fourth-order valence-corrected chi connectivity index (χ4v) is 2.05. The van der Waals surface area contributed by atoms with Gasteiger partial charge in [0.2, 0.25) is 0 Å². The van der Waals surface area contributed by atoms with Crippen LogP contribution < -0.4 is 5.32 Å². The molecule has 0 saturated carbocycles. The zero-order chi connectivity index (χ0) is 12.3. The first-order chi connectivity index (χ1) is 8.20. The van der Waals surface area contributed by atoms with Crippen LogP contribution >= 0.6 is 0 Å². The van der Waals surface area contributed by atoms with Gasteiger partial charge in [0.05, 0.1) is 6.04 Å². The summed E-state index contributed by atoms with van der Waals surface area (Å²) in [5, 5.41) is 5.51. The average Bonchev–Trinajstić information content (AvgIpc) is 2.35. The summed E-state index contributed by atoms with van der Waals surface area (Å²) in [5.74, 6) is 0.181. The molecular formula is C15H17NO. The van der Waals surface area contributed by atoms with E-state index in [1.54, 1.807) is 6.92 Å². The Morgan fingerprint density at radius 3 is 2.53 bits per heavy atom. The van der Waals surface area contributed by atoms with Gasteiger partial charge in [-0.25, -0.2) is 0 Å². The minimum Gasteiger partial charge on any atom is -0.310 e. The highest BCUT2D eigenvalue weighted by Gasteiger charge is 2.11. The second-order valence-electron chi connectivity index (χ2n) is 4.34. The van der Waals surface area contributed by atoms with Crippen LogP contribution in [0.15, 0.2) is 42.5 Å². The number of likely N-dealkylation sites (N-methyl/N-ethyl adjacent to an activating group) is 1. The van der Waals surface area contributed by atoms with Crippen molar-refractivity contribution in [2.45, 2.75) is 19.4 Å². The Morgan fingerprint density at radius 1 is 1.18 bits per heavy atom. The van der Waals surface area contributed by atoms with Crippen LogP contribution in [0.1, 0.15) is 12.5 Å². The lowest BCUT2D eigenvalue weighted by molar-refractivity contribution is -0.118. The molecule has 1 N–H and O–H groups in total. The number of Topliss-reactive ketones (excluding diaryl/α,β-unsaturated/α-hetero) is 1. The van der Waals surface area contributed by atoms with Crippen molar-refractivity contribution in [3.05, 3.63) is 48.0 Å². The van der Waals surface area contributed by atoms with Crippen molar-refractivity contribution in [3.8, 4) is 0 Å². The van der Waals surface area contributed by atoms with Gasteiger partial charge in [-0.1, -0.05) is 42.5 Å². The minimum absolute atomic E-state index is 0.0869. The van der Waals surface area contributed by atoms with Crippen LogP contribution in [-0.4, -0.2) is 18.9 Å². The zero-order valence-electron chi connectivity index (χ0n) is 10.2. The molecule has 17 heavy (non-hydrogen) atoms. The Morgan fingerprint density at radius 2 is 1.88 bits per heavy atom. The van der Waals surface area contributed by atoms with Crippen molar-refractivity contribution < 1.29 is 4.79 Å². The molecule has 0 unspecified atom stereocenters. The third kappa shape index (κ3) is 2.71. The molecular weight excluding hydrogens is 210 g/mol. The van der Waals surface area contributed by atoms with Crippen LogP contribution in [0, 0.1) is 0 Å². The molecule has 0 aliphatic heterocycles. The smallest absolute Gasteiger partial charge is 0.147 e. The lowest BCUT2D eigenvalue weighted by Gasteiger charge is -2.13. The molecule has 88 valence electrons. The Kier molecular flexibility index (Phi) is 3.55. The molecule has 0 fully saturated rings. The van der Waals surface area contributed by atoms with Crippen molar-refractivity contribution in [1.29, 1.82) is 0 Å². The fourth-order valence-electron chi connectivity index (χ4n) is 2.05. The normalized spacial score (nSPS) is 12.6. The molecule has 2 nitrogen and oxygen atoms in total. The van der Waals surface area contributed by atoms with Gasteiger partial charge in [0.1, 0.15) is 5.78 Å². The maximum atomic E-state index is 11.4. The third-order valence-electron chi connectivity index (χ3n) is 3.09. The molecule has 0 spiro atoms. The molecule has 0 aliphatic carbocycles. The quantitative estimate of drug-likeness (QED) is 0.869. The lowest BCUT2D eigenvalue weighted by Crippen LogP contribution is -2.34. The molecule has 1 atom stereocenters. The topological polar surface area (TPSA) is 29.1 Å². The van der Waals surface area contributed by atoms with E-state index in [1.807, 2.05) is 19.2 Å². The van der Waals surface area contributed by atoms with E-state index in [1.165, 1.54) is 16.3 Å². The maximum Gasteiger partial charge on any atom is 0.147 e. The van der Waals surface area contributed by atoms with E-state index in [4.69, 9.17) is 0 Å². The van der Waals surface area contributed by atoms with Crippen molar-refractivity contribution in [2.75, 3.05) is 7.05 Å². The van der Waals surface area contributed by atoms with E-state index in [2.05, 4.69) is 35.6 Å². The minimum atomic E-state index is -0.0869. The maximum absolute atomic E-state index is 11.4. The number of nitrogens with one attached hydrogen (secondary N) is 1. The predicted molar refractivity (Wildman–Crippen MR) is 71.2 cm³/mol. The standard InChI is InChI=1S/C15H17NO/c1-11(17)15(16-2)10-12-7-8-13-5-3-4-6-14(13)9-12/h3-9,15-16H,10H2,1-2H3/t15-/m0/s1. The highest BCUT2D eigenvalue weighted by Crippen LogP contribution is 2.16. The van der Waals surface area contributed by atoms with Crippen molar-refractivity contribution in [3.63, 3.8) is 0 Å².